The minimum atomic E-state index is -0.250. The zero-order valence-electron chi connectivity index (χ0n) is 15.5. The lowest BCUT2D eigenvalue weighted by molar-refractivity contribution is -0.138. The van der Waals surface area contributed by atoms with Gasteiger partial charge in [-0.1, -0.05) is 0 Å². The summed E-state index contributed by atoms with van der Waals surface area (Å²) in [5.74, 6) is 0.706. The first-order chi connectivity index (χ1) is 13.0. The topological polar surface area (TPSA) is 149 Å². The molecule has 0 spiro atoms. The van der Waals surface area contributed by atoms with Gasteiger partial charge < -0.3 is 25.5 Å². The molecule has 3 rings (SSSR count). The van der Waals surface area contributed by atoms with Crippen molar-refractivity contribution in [2.75, 3.05) is 44.2 Å². The van der Waals surface area contributed by atoms with E-state index in [-0.39, 0.29) is 30.2 Å². The molecule has 0 radical (unpaired) electrons. The number of carbonyl (C=O) groups excluding carboxylic acids is 2. The fourth-order valence-corrected chi connectivity index (χ4v) is 3.43. The number of aromatic amines is 1. The van der Waals surface area contributed by atoms with E-state index < -0.39 is 0 Å². The summed E-state index contributed by atoms with van der Waals surface area (Å²) in [6, 6.07) is -0.0463. The van der Waals surface area contributed by atoms with Crippen molar-refractivity contribution in [3.05, 3.63) is 6.33 Å². The van der Waals surface area contributed by atoms with Gasteiger partial charge in [0.25, 0.3) is 6.47 Å². The van der Waals surface area contributed by atoms with E-state index >= 15 is 0 Å². The number of amides is 2. The number of nitrogens with one attached hydrogen (secondary N) is 1. The standard InChI is InChI=1S/C15H25N7O2.CH2O2/c1-11(23)22-8-12(2-3-13(16)9-22)14(24)20-4-6-21(7-5-20)15-17-10-18-19-15;2-1-3/h10,12-13H,2-9,16H2,1H3,(H,17,18,19);1H,(H,2,3)/t12-,13+;/m1./s1. The summed E-state index contributed by atoms with van der Waals surface area (Å²) in [4.78, 5) is 42.8. The van der Waals surface area contributed by atoms with E-state index in [9.17, 15) is 9.59 Å². The average molecular weight is 381 g/mol. The summed E-state index contributed by atoms with van der Waals surface area (Å²) >= 11 is 0. The van der Waals surface area contributed by atoms with Gasteiger partial charge in [0.1, 0.15) is 6.33 Å². The molecule has 1 aromatic heterocycles. The summed E-state index contributed by atoms with van der Waals surface area (Å²) in [5, 5.41) is 13.6. The van der Waals surface area contributed by atoms with Crippen LogP contribution >= 0.6 is 0 Å². The Bertz CT molecular complexity index is 616. The number of piperazine rings is 1. The van der Waals surface area contributed by atoms with E-state index in [1.807, 2.05) is 4.90 Å². The minimum Gasteiger partial charge on any atom is -0.483 e. The first-order valence-electron chi connectivity index (χ1n) is 8.94. The van der Waals surface area contributed by atoms with Crippen molar-refractivity contribution in [1.29, 1.82) is 0 Å². The van der Waals surface area contributed by atoms with Crippen molar-refractivity contribution in [3.63, 3.8) is 0 Å². The molecule has 0 unspecified atom stereocenters. The van der Waals surface area contributed by atoms with Crippen molar-refractivity contribution < 1.29 is 19.5 Å². The van der Waals surface area contributed by atoms with Crippen molar-refractivity contribution in [2.24, 2.45) is 11.7 Å². The van der Waals surface area contributed by atoms with E-state index in [1.54, 1.807) is 4.90 Å². The number of hydrogen-bond acceptors (Lipinski definition) is 7. The van der Waals surface area contributed by atoms with Crippen LogP contribution in [0.4, 0.5) is 5.95 Å². The highest BCUT2D eigenvalue weighted by atomic mass is 16.3. The monoisotopic (exact) mass is 381 g/mol. The second-order valence-corrected chi connectivity index (χ2v) is 6.69. The molecule has 2 saturated heterocycles. The molecule has 2 amide bonds. The van der Waals surface area contributed by atoms with Gasteiger partial charge in [0.05, 0.1) is 5.92 Å². The van der Waals surface area contributed by atoms with Crippen LogP contribution in [0.3, 0.4) is 0 Å². The summed E-state index contributed by atoms with van der Waals surface area (Å²) in [6.45, 7) is 5.07. The Hall–Kier alpha value is -2.69. The summed E-state index contributed by atoms with van der Waals surface area (Å²) in [6.07, 6.45) is 3.00. The van der Waals surface area contributed by atoms with Gasteiger partial charge in [-0.25, -0.2) is 5.10 Å². The fraction of sp³-hybridized carbons (Fsp3) is 0.688. The Morgan fingerprint density at radius 2 is 1.89 bits per heavy atom. The fourth-order valence-electron chi connectivity index (χ4n) is 3.43. The Labute approximate surface area is 157 Å². The lowest BCUT2D eigenvalue weighted by Gasteiger charge is -2.36. The van der Waals surface area contributed by atoms with Crippen LogP contribution in [0.25, 0.3) is 0 Å². The lowest BCUT2D eigenvalue weighted by atomic mass is 10.00. The van der Waals surface area contributed by atoms with E-state index in [4.69, 9.17) is 15.6 Å². The van der Waals surface area contributed by atoms with Gasteiger partial charge in [-0.15, -0.1) is 0 Å². The van der Waals surface area contributed by atoms with E-state index in [0.29, 0.717) is 26.2 Å². The predicted molar refractivity (Wildman–Crippen MR) is 96.8 cm³/mol. The van der Waals surface area contributed by atoms with Gasteiger partial charge in [0, 0.05) is 52.2 Å². The van der Waals surface area contributed by atoms with Crippen LogP contribution in [0.1, 0.15) is 19.8 Å². The zero-order valence-corrected chi connectivity index (χ0v) is 15.5. The Balaban J connectivity index is 0.000000817. The third-order valence-corrected chi connectivity index (χ3v) is 4.87. The van der Waals surface area contributed by atoms with E-state index in [0.717, 1.165) is 31.9 Å². The van der Waals surface area contributed by atoms with Crippen molar-refractivity contribution >= 4 is 24.2 Å². The quantitative estimate of drug-likeness (QED) is 0.538. The number of nitrogens with two attached hydrogens (primary N) is 1. The number of likely N-dealkylation sites (tertiary alicyclic amines) is 1. The van der Waals surface area contributed by atoms with E-state index in [2.05, 4.69) is 20.1 Å². The van der Waals surface area contributed by atoms with E-state index in [1.165, 1.54) is 13.3 Å². The molecule has 0 bridgehead atoms. The molecule has 1 aromatic rings. The molecule has 150 valence electrons. The third-order valence-electron chi connectivity index (χ3n) is 4.87. The average Bonchev–Trinajstić information content (AvgIpc) is 3.11. The van der Waals surface area contributed by atoms with Gasteiger partial charge in [-0.05, 0) is 12.8 Å². The molecule has 11 heteroatoms. The lowest BCUT2D eigenvalue weighted by Crippen LogP contribution is -2.52. The Kier molecular flexibility index (Phi) is 7.53. The van der Waals surface area contributed by atoms with Crippen LogP contribution in [-0.2, 0) is 14.4 Å². The number of H-pyrrole nitrogens is 1. The first-order valence-corrected chi connectivity index (χ1v) is 8.94. The van der Waals surface area contributed by atoms with Crippen molar-refractivity contribution in [3.8, 4) is 0 Å². The minimum absolute atomic E-state index is 0.0136. The highest BCUT2D eigenvalue weighted by molar-refractivity contribution is 5.81. The van der Waals surface area contributed by atoms with Crippen molar-refractivity contribution in [1.82, 2.24) is 25.0 Å². The van der Waals surface area contributed by atoms with Gasteiger partial charge in [-0.2, -0.15) is 10.1 Å². The SMILES string of the molecule is CC(=O)N1C[C@@H](N)CC[C@@H](C(=O)N2CCN(c3ncn[nH]3)CC2)C1.O=CO. The molecule has 4 N–H and O–H groups in total. The molecule has 3 heterocycles. The number of aromatic nitrogens is 3. The van der Waals surface area contributed by atoms with Crippen LogP contribution in [-0.4, -0.2) is 93.7 Å². The molecule has 11 nitrogen and oxygen atoms in total. The van der Waals surface area contributed by atoms with Crippen LogP contribution < -0.4 is 10.6 Å². The van der Waals surface area contributed by atoms with Crippen LogP contribution in [0.15, 0.2) is 6.33 Å². The van der Waals surface area contributed by atoms with Gasteiger partial charge in [0.2, 0.25) is 17.8 Å². The molecular weight excluding hydrogens is 354 g/mol. The van der Waals surface area contributed by atoms with Crippen LogP contribution in [0, 0.1) is 5.92 Å². The maximum absolute atomic E-state index is 12.9. The maximum Gasteiger partial charge on any atom is 0.290 e. The molecule has 2 aliphatic rings. The summed E-state index contributed by atoms with van der Waals surface area (Å²) in [7, 11) is 0. The zero-order chi connectivity index (χ0) is 19.8. The molecule has 2 atom stereocenters. The first kappa shape index (κ1) is 20.6. The number of carboxylic acid groups (broad SMARTS) is 1. The predicted octanol–water partition coefficient (Wildman–Crippen LogP) is -1.26. The molecule has 2 fully saturated rings. The number of carbonyl (C=O) groups is 3. The summed E-state index contributed by atoms with van der Waals surface area (Å²) < 4.78 is 0. The molecule has 0 saturated carbocycles. The van der Waals surface area contributed by atoms with Gasteiger partial charge in [0.15, 0.2) is 0 Å². The van der Waals surface area contributed by atoms with Crippen LogP contribution in [0.2, 0.25) is 0 Å². The molecular formula is C16H27N7O4. The van der Waals surface area contributed by atoms with Gasteiger partial charge >= 0.3 is 0 Å². The number of anilines is 1. The number of nitrogens with zero attached hydrogens (tertiary/aromatic N) is 5. The third kappa shape index (κ3) is 5.64. The molecule has 0 aromatic carbocycles. The molecule has 0 aliphatic carbocycles. The Morgan fingerprint density at radius 1 is 1.22 bits per heavy atom. The largest absolute Gasteiger partial charge is 0.483 e. The second-order valence-electron chi connectivity index (χ2n) is 6.69. The maximum atomic E-state index is 12.9. The second kappa shape index (κ2) is 9.86. The Morgan fingerprint density at radius 3 is 2.44 bits per heavy atom. The number of hydrogen-bond donors (Lipinski definition) is 3. The number of rotatable bonds is 2. The highest BCUT2D eigenvalue weighted by Gasteiger charge is 2.32. The normalized spacial score (nSPS) is 23.1. The van der Waals surface area contributed by atoms with Crippen LogP contribution in [0.5, 0.6) is 0 Å². The highest BCUT2D eigenvalue weighted by Crippen LogP contribution is 2.20. The molecule has 27 heavy (non-hydrogen) atoms. The van der Waals surface area contributed by atoms with Gasteiger partial charge in [-0.3, -0.25) is 14.4 Å². The molecule has 2 aliphatic heterocycles. The summed E-state index contributed by atoms with van der Waals surface area (Å²) in [5.41, 5.74) is 6.03. The van der Waals surface area contributed by atoms with Crippen molar-refractivity contribution in [2.45, 2.75) is 25.8 Å². The smallest absolute Gasteiger partial charge is 0.290 e.